The summed E-state index contributed by atoms with van der Waals surface area (Å²) in [5, 5.41) is 7.71. The van der Waals surface area contributed by atoms with Crippen molar-refractivity contribution in [3.05, 3.63) is 59.7 Å². The molecule has 0 spiro atoms. The second-order valence-electron chi connectivity index (χ2n) is 6.39. The molecular weight excluding hydrogens is 368 g/mol. The van der Waals surface area contributed by atoms with Gasteiger partial charge in [-0.05, 0) is 48.7 Å². The second kappa shape index (κ2) is 8.32. The van der Waals surface area contributed by atoms with E-state index >= 15 is 0 Å². The normalized spacial score (nSPS) is 12.5. The van der Waals surface area contributed by atoms with E-state index in [2.05, 4.69) is 19.2 Å². The van der Waals surface area contributed by atoms with E-state index in [-0.39, 0.29) is 10.5 Å². The number of carbonyl (C=O) groups is 2. The average molecular weight is 390 g/mol. The third kappa shape index (κ3) is 5.63. The van der Waals surface area contributed by atoms with Crippen molar-refractivity contribution in [3.63, 3.8) is 0 Å². The highest BCUT2D eigenvalue weighted by Crippen LogP contribution is 2.18. The van der Waals surface area contributed by atoms with Gasteiger partial charge in [0.05, 0.1) is 10.5 Å². The number of nitrogens with one attached hydrogen (secondary N) is 1. The Morgan fingerprint density at radius 2 is 1.67 bits per heavy atom. The lowest BCUT2D eigenvalue weighted by Gasteiger charge is -2.14. The molecular formula is C19H22N2O5S. The number of amides is 1. The fourth-order valence-electron chi connectivity index (χ4n) is 2.28. The minimum absolute atomic E-state index is 0.0116. The summed E-state index contributed by atoms with van der Waals surface area (Å²) < 4.78 is 27.9. The van der Waals surface area contributed by atoms with Gasteiger partial charge in [0.25, 0.3) is 5.91 Å². The zero-order valence-corrected chi connectivity index (χ0v) is 16.1. The van der Waals surface area contributed by atoms with Gasteiger partial charge in [0.1, 0.15) is 0 Å². The third-order valence-corrected chi connectivity index (χ3v) is 4.81. The fourth-order valence-corrected chi connectivity index (χ4v) is 2.84. The van der Waals surface area contributed by atoms with Gasteiger partial charge in [-0.3, -0.25) is 4.79 Å². The van der Waals surface area contributed by atoms with Crippen molar-refractivity contribution in [1.29, 1.82) is 0 Å². The van der Waals surface area contributed by atoms with E-state index in [1.807, 2.05) is 12.1 Å². The van der Waals surface area contributed by atoms with Gasteiger partial charge in [-0.15, -0.1) is 0 Å². The lowest BCUT2D eigenvalue weighted by atomic mass is 10.0. The molecule has 0 radical (unpaired) electrons. The summed E-state index contributed by atoms with van der Waals surface area (Å²) in [6, 6.07) is 12.5. The number of hydrogen-bond donors (Lipinski definition) is 2. The van der Waals surface area contributed by atoms with E-state index in [0.29, 0.717) is 11.6 Å². The topological polar surface area (TPSA) is 116 Å². The molecule has 1 amide bonds. The van der Waals surface area contributed by atoms with Crippen LogP contribution in [0.3, 0.4) is 0 Å². The molecule has 0 unspecified atom stereocenters. The molecule has 0 heterocycles. The number of carbonyl (C=O) groups excluding carboxylic acids is 2. The SMILES string of the molecule is CC(C)c1ccc(NC(=O)[C@@H](C)OC(=O)c2cccc(S(N)(=O)=O)c2)cc1. The molecule has 0 saturated heterocycles. The van der Waals surface area contributed by atoms with E-state index in [0.717, 1.165) is 11.6 Å². The van der Waals surface area contributed by atoms with Crippen LogP contribution in [0.15, 0.2) is 53.4 Å². The number of primary sulfonamides is 1. The standard InChI is InChI=1S/C19H22N2O5S/c1-12(2)14-7-9-16(10-8-14)21-18(22)13(3)26-19(23)15-5-4-6-17(11-15)27(20,24)25/h4-13H,1-3H3,(H,21,22)(H2,20,24,25)/t13-/m1/s1. The Bertz CT molecular complexity index is 937. The molecule has 144 valence electrons. The second-order valence-corrected chi connectivity index (χ2v) is 7.95. The lowest BCUT2D eigenvalue weighted by Crippen LogP contribution is -2.30. The molecule has 27 heavy (non-hydrogen) atoms. The molecule has 2 aromatic rings. The van der Waals surface area contributed by atoms with Crippen molar-refractivity contribution in [2.24, 2.45) is 5.14 Å². The zero-order chi connectivity index (χ0) is 20.2. The predicted molar refractivity (Wildman–Crippen MR) is 102 cm³/mol. The smallest absolute Gasteiger partial charge is 0.338 e. The van der Waals surface area contributed by atoms with Crippen LogP contribution in [0.4, 0.5) is 5.69 Å². The highest BCUT2D eigenvalue weighted by atomic mass is 32.2. The minimum atomic E-state index is -3.94. The van der Waals surface area contributed by atoms with Crippen LogP contribution in [0.1, 0.15) is 42.6 Å². The Morgan fingerprint density at radius 3 is 2.22 bits per heavy atom. The van der Waals surface area contributed by atoms with Crippen LogP contribution in [0.5, 0.6) is 0 Å². The van der Waals surface area contributed by atoms with Gasteiger partial charge in [0, 0.05) is 5.69 Å². The quantitative estimate of drug-likeness (QED) is 0.736. The first kappa shape index (κ1) is 20.6. The molecule has 0 saturated carbocycles. The summed E-state index contributed by atoms with van der Waals surface area (Å²) in [7, 11) is -3.94. The van der Waals surface area contributed by atoms with Gasteiger partial charge >= 0.3 is 5.97 Å². The fraction of sp³-hybridized carbons (Fsp3) is 0.263. The van der Waals surface area contributed by atoms with Crippen LogP contribution in [-0.4, -0.2) is 26.4 Å². The van der Waals surface area contributed by atoms with Gasteiger partial charge < -0.3 is 10.1 Å². The Hall–Kier alpha value is -2.71. The molecule has 1 atom stereocenters. The third-order valence-electron chi connectivity index (χ3n) is 3.90. The zero-order valence-electron chi connectivity index (χ0n) is 15.3. The summed E-state index contributed by atoms with van der Waals surface area (Å²) in [4.78, 5) is 24.2. The maximum absolute atomic E-state index is 12.2. The number of hydrogen-bond acceptors (Lipinski definition) is 5. The first-order valence-corrected chi connectivity index (χ1v) is 9.87. The van der Waals surface area contributed by atoms with Crippen LogP contribution in [-0.2, 0) is 19.6 Å². The van der Waals surface area contributed by atoms with E-state index in [1.54, 1.807) is 12.1 Å². The van der Waals surface area contributed by atoms with Crippen molar-refractivity contribution in [1.82, 2.24) is 0 Å². The van der Waals surface area contributed by atoms with Gasteiger partial charge in [0.15, 0.2) is 6.10 Å². The van der Waals surface area contributed by atoms with Crippen molar-refractivity contribution in [2.45, 2.75) is 37.7 Å². The average Bonchev–Trinajstić information content (AvgIpc) is 2.61. The van der Waals surface area contributed by atoms with Gasteiger partial charge in [0.2, 0.25) is 10.0 Å². The molecule has 0 aliphatic heterocycles. The summed E-state index contributed by atoms with van der Waals surface area (Å²) in [6.45, 7) is 5.57. The van der Waals surface area contributed by atoms with E-state index in [9.17, 15) is 18.0 Å². The summed E-state index contributed by atoms with van der Waals surface area (Å²) >= 11 is 0. The molecule has 0 aromatic heterocycles. The minimum Gasteiger partial charge on any atom is -0.449 e. The molecule has 0 fully saturated rings. The van der Waals surface area contributed by atoms with Crippen molar-refractivity contribution in [3.8, 4) is 0 Å². The predicted octanol–water partition coefficient (Wildman–Crippen LogP) is 2.64. The van der Waals surface area contributed by atoms with Gasteiger partial charge in [-0.2, -0.15) is 0 Å². The number of rotatable bonds is 6. The number of nitrogens with two attached hydrogens (primary N) is 1. The number of ether oxygens (including phenoxy) is 1. The van der Waals surface area contributed by atoms with Crippen molar-refractivity contribution in [2.75, 3.05) is 5.32 Å². The van der Waals surface area contributed by atoms with Crippen LogP contribution in [0, 0.1) is 0 Å². The van der Waals surface area contributed by atoms with E-state index in [1.165, 1.54) is 25.1 Å². The van der Waals surface area contributed by atoms with E-state index < -0.39 is 28.0 Å². The maximum Gasteiger partial charge on any atom is 0.338 e. The van der Waals surface area contributed by atoms with Crippen LogP contribution >= 0.6 is 0 Å². The van der Waals surface area contributed by atoms with Crippen LogP contribution in [0.2, 0.25) is 0 Å². The molecule has 8 heteroatoms. The first-order valence-electron chi connectivity index (χ1n) is 8.32. The Morgan fingerprint density at radius 1 is 1.04 bits per heavy atom. The number of sulfonamides is 1. The summed E-state index contributed by atoms with van der Waals surface area (Å²) in [5.41, 5.74) is 1.72. The highest BCUT2D eigenvalue weighted by Gasteiger charge is 2.20. The van der Waals surface area contributed by atoms with E-state index in [4.69, 9.17) is 9.88 Å². The van der Waals surface area contributed by atoms with Gasteiger partial charge in [-0.1, -0.05) is 32.0 Å². The molecule has 7 nitrogen and oxygen atoms in total. The maximum atomic E-state index is 12.2. The van der Waals surface area contributed by atoms with Crippen molar-refractivity contribution >= 4 is 27.6 Å². The molecule has 0 bridgehead atoms. The molecule has 2 aromatic carbocycles. The van der Waals surface area contributed by atoms with Crippen molar-refractivity contribution < 1.29 is 22.7 Å². The first-order chi connectivity index (χ1) is 12.6. The lowest BCUT2D eigenvalue weighted by molar-refractivity contribution is -0.123. The largest absolute Gasteiger partial charge is 0.449 e. The summed E-state index contributed by atoms with van der Waals surface area (Å²) in [5.74, 6) is -0.940. The molecule has 0 aliphatic rings. The Balaban J connectivity index is 2.02. The molecule has 2 rings (SSSR count). The number of esters is 1. The summed E-state index contributed by atoms with van der Waals surface area (Å²) in [6.07, 6.45) is -1.07. The van der Waals surface area contributed by atoms with Crippen LogP contribution < -0.4 is 10.5 Å². The number of anilines is 1. The molecule has 0 aliphatic carbocycles. The Kier molecular flexibility index (Phi) is 6.35. The van der Waals surface area contributed by atoms with Gasteiger partial charge in [-0.25, -0.2) is 18.4 Å². The van der Waals surface area contributed by atoms with Crippen LogP contribution in [0.25, 0.3) is 0 Å². The monoisotopic (exact) mass is 390 g/mol. The Labute approximate surface area is 158 Å². The number of benzene rings is 2. The highest BCUT2D eigenvalue weighted by molar-refractivity contribution is 7.89. The molecule has 3 N–H and O–H groups in total.